The average molecular weight is 378 g/mol. The molecule has 152 valence electrons. The van der Waals surface area contributed by atoms with Crippen molar-refractivity contribution in [3.63, 3.8) is 0 Å². The molecule has 0 radical (unpaired) electrons. The molecule has 1 aromatic rings. The maximum Gasteiger partial charge on any atom is 0.243 e. The van der Waals surface area contributed by atoms with Gasteiger partial charge in [0, 0.05) is 34.3 Å². The minimum Gasteiger partial charge on any atom is -0.383 e. The molecule has 0 fully saturated rings. The van der Waals surface area contributed by atoms with Crippen LogP contribution in [0.1, 0.15) is 25.5 Å². The molecule has 0 aliphatic rings. The summed E-state index contributed by atoms with van der Waals surface area (Å²) in [5, 5.41) is 6.61. The number of benzene rings is 1. The topological polar surface area (TPSA) is 69.2 Å². The third-order valence-corrected chi connectivity index (χ3v) is 4.37. The normalized spacial score (nSPS) is 12.7. The SMILES string of the molecule is CCN(CC)C(CNC(=NCC(=O)N(C)C)NCCOC)c1ccccc1. The highest BCUT2D eigenvalue weighted by atomic mass is 16.5. The molecule has 27 heavy (non-hydrogen) atoms. The van der Waals surface area contributed by atoms with E-state index in [2.05, 4.69) is 58.6 Å². The fourth-order valence-electron chi connectivity index (χ4n) is 2.72. The number of methoxy groups -OCH3 is 1. The van der Waals surface area contributed by atoms with E-state index in [0.29, 0.717) is 25.7 Å². The van der Waals surface area contributed by atoms with Crippen molar-refractivity contribution in [2.24, 2.45) is 4.99 Å². The summed E-state index contributed by atoms with van der Waals surface area (Å²) < 4.78 is 5.10. The fourth-order valence-corrected chi connectivity index (χ4v) is 2.72. The third kappa shape index (κ3) is 8.41. The summed E-state index contributed by atoms with van der Waals surface area (Å²) in [5.74, 6) is 0.585. The fraction of sp³-hybridized carbons (Fsp3) is 0.600. The number of hydrogen-bond donors (Lipinski definition) is 2. The number of carbonyl (C=O) groups excluding carboxylic acids is 1. The largest absolute Gasteiger partial charge is 0.383 e. The van der Waals surface area contributed by atoms with Crippen molar-refractivity contribution >= 4 is 11.9 Å². The lowest BCUT2D eigenvalue weighted by atomic mass is 10.1. The molecular weight excluding hydrogens is 342 g/mol. The van der Waals surface area contributed by atoms with Crippen LogP contribution in [0.4, 0.5) is 0 Å². The number of hydrogen-bond acceptors (Lipinski definition) is 4. The van der Waals surface area contributed by atoms with Crippen molar-refractivity contribution in [1.82, 2.24) is 20.4 Å². The van der Waals surface area contributed by atoms with Gasteiger partial charge in [0.25, 0.3) is 0 Å². The third-order valence-electron chi connectivity index (χ3n) is 4.37. The molecule has 0 saturated heterocycles. The van der Waals surface area contributed by atoms with Gasteiger partial charge < -0.3 is 20.3 Å². The Morgan fingerprint density at radius 2 is 1.81 bits per heavy atom. The van der Waals surface area contributed by atoms with E-state index in [0.717, 1.165) is 13.1 Å². The molecule has 0 bridgehead atoms. The Bertz CT molecular complexity index is 559. The number of ether oxygens (including phenoxy) is 1. The summed E-state index contributed by atoms with van der Waals surface area (Å²) in [5.41, 5.74) is 1.26. The monoisotopic (exact) mass is 377 g/mol. The van der Waals surface area contributed by atoms with Crippen LogP contribution in [-0.4, -0.2) is 82.2 Å². The number of guanidine groups is 1. The van der Waals surface area contributed by atoms with Gasteiger partial charge in [-0.25, -0.2) is 4.99 Å². The first kappa shape index (κ1) is 22.9. The van der Waals surface area contributed by atoms with E-state index in [1.54, 1.807) is 26.1 Å². The summed E-state index contributed by atoms with van der Waals surface area (Å²) >= 11 is 0. The van der Waals surface area contributed by atoms with Gasteiger partial charge >= 0.3 is 0 Å². The van der Waals surface area contributed by atoms with Crippen molar-refractivity contribution < 1.29 is 9.53 Å². The van der Waals surface area contributed by atoms with Gasteiger partial charge in [-0.3, -0.25) is 9.69 Å². The second kappa shape index (κ2) is 13.1. The molecule has 1 unspecified atom stereocenters. The van der Waals surface area contributed by atoms with E-state index in [4.69, 9.17) is 4.74 Å². The van der Waals surface area contributed by atoms with Gasteiger partial charge in [-0.05, 0) is 18.7 Å². The molecule has 1 rings (SSSR count). The zero-order chi connectivity index (χ0) is 20.1. The van der Waals surface area contributed by atoms with Crippen molar-refractivity contribution in [3.05, 3.63) is 35.9 Å². The molecule has 0 saturated carbocycles. The maximum absolute atomic E-state index is 11.9. The van der Waals surface area contributed by atoms with Crippen LogP contribution in [0, 0.1) is 0 Å². The molecular formula is C20H35N5O2. The molecule has 1 atom stereocenters. The summed E-state index contributed by atoms with van der Waals surface area (Å²) in [7, 11) is 5.12. The number of amides is 1. The van der Waals surface area contributed by atoms with Crippen LogP contribution in [0.3, 0.4) is 0 Å². The van der Waals surface area contributed by atoms with E-state index >= 15 is 0 Å². The van der Waals surface area contributed by atoms with Gasteiger partial charge in [-0.15, -0.1) is 0 Å². The Hall–Kier alpha value is -2.12. The lowest BCUT2D eigenvalue weighted by molar-refractivity contribution is -0.127. The lowest BCUT2D eigenvalue weighted by Gasteiger charge is -2.31. The van der Waals surface area contributed by atoms with Crippen LogP contribution in [0.25, 0.3) is 0 Å². The number of rotatable bonds is 11. The lowest BCUT2D eigenvalue weighted by Crippen LogP contribution is -2.44. The van der Waals surface area contributed by atoms with Gasteiger partial charge in [-0.1, -0.05) is 44.2 Å². The summed E-state index contributed by atoms with van der Waals surface area (Å²) in [4.78, 5) is 20.2. The Morgan fingerprint density at radius 1 is 1.15 bits per heavy atom. The molecule has 1 amide bonds. The second-order valence-corrected chi connectivity index (χ2v) is 6.40. The number of nitrogens with one attached hydrogen (secondary N) is 2. The average Bonchev–Trinajstić information content (AvgIpc) is 2.69. The van der Waals surface area contributed by atoms with Crippen LogP contribution >= 0.6 is 0 Å². The predicted molar refractivity (Wildman–Crippen MR) is 111 cm³/mol. The van der Waals surface area contributed by atoms with Crippen molar-refractivity contribution in [2.45, 2.75) is 19.9 Å². The van der Waals surface area contributed by atoms with Crippen molar-refractivity contribution in [2.75, 3.05) is 60.5 Å². The molecule has 2 N–H and O–H groups in total. The molecule has 0 spiro atoms. The van der Waals surface area contributed by atoms with E-state index < -0.39 is 0 Å². The zero-order valence-electron chi connectivity index (χ0n) is 17.4. The van der Waals surface area contributed by atoms with Crippen molar-refractivity contribution in [1.29, 1.82) is 0 Å². The zero-order valence-corrected chi connectivity index (χ0v) is 17.4. The number of likely N-dealkylation sites (N-methyl/N-ethyl adjacent to an activating group) is 2. The molecule has 0 aliphatic carbocycles. The first-order valence-electron chi connectivity index (χ1n) is 9.53. The molecule has 0 aromatic heterocycles. The van der Waals surface area contributed by atoms with Gasteiger partial charge in [0.15, 0.2) is 5.96 Å². The minimum absolute atomic E-state index is 0.0359. The smallest absolute Gasteiger partial charge is 0.243 e. The van der Waals surface area contributed by atoms with Crippen LogP contribution in [0.5, 0.6) is 0 Å². The van der Waals surface area contributed by atoms with E-state index in [9.17, 15) is 4.79 Å². The first-order chi connectivity index (χ1) is 13.0. The summed E-state index contributed by atoms with van der Waals surface area (Å²) in [6.45, 7) is 8.25. The maximum atomic E-state index is 11.9. The van der Waals surface area contributed by atoms with Crippen LogP contribution in [0.2, 0.25) is 0 Å². The van der Waals surface area contributed by atoms with Gasteiger partial charge in [-0.2, -0.15) is 0 Å². The quantitative estimate of drug-likeness (QED) is 0.346. The summed E-state index contributed by atoms with van der Waals surface area (Å²) in [6.07, 6.45) is 0. The highest BCUT2D eigenvalue weighted by Crippen LogP contribution is 2.19. The van der Waals surface area contributed by atoms with Gasteiger partial charge in [0.2, 0.25) is 5.91 Å². The number of nitrogens with zero attached hydrogens (tertiary/aromatic N) is 3. The second-order valence-electron chi connectivity index (χ2n) is 6.40. The van der Waals surface area contributed by atoms with E-state index in [1.165, 1.54) is 5.56 Å². The van der Waals surface area contributed by atoms with E-state index in [1.807, 2.05) is 6.07 Å². The number of carbonyl (C=O) groups is 1. The van der Waals surface area contributed by atoms with Crippen LogP contribution in [0.15, 0.2) is 35.3 Å². The number of aliphatic imine (C=N–C) groups is 1. The Kier molecular flexibility index (Phi) is 11.1. The first-order valence-corrected chi connectivity index (χ1v) is 9.53. The molecule has 7 heteroatoms. The molecule has 7 nitrogen and oxygen atoms in total. The van der Waals surface area contributed by atoms with Gasteiger partial charge in [0.05, 0.1) is 12.6 Å². The standard InChI is InChI=1S/C20H35N5O2/c1-6-25(7-2)18(17-11-9-8-10-12-17)15-22-20(21-13-14-27-5)23-16-19(26)24(3)4/h8-12,18H,6-7,13-16H2,1-5H3,(H2,21,22,23). The Labute approximate surface area is 163 Å². The minimum atomic E-state index is -0.0359. The molecule has 0 aliphatic heterocycles. The molecule has 1 aromatic carbocycles. The van der Waals surface area contributed by atoms with E-state index in [-0.39, 0.29) is 18.5 Å². The van der Waals surface area contributed by atoms with Crippen LogP contribution < -0.4 is 10.6 Å². The molecule has 0 heterocycles. The predicted octanol–water partition coefficient (Wildman–Crippen LogP) is 1.34. The highest BCUT2D eigenvalue weighted by Gasteiger charge is 2.18. The van der Waals surface area contributed by atoms with Gasteiger partial charge in [0.1, 0.15) is 6.54 Å². The highest BCUT2D eigenvalue weighted by molar-refractivity contribution is 5.84. The Morgan fingerprint density at radius 3 is 2.37 bits per heavy atom. The van der Waals surface area contributed by atoms with Crippen molar-refractivity contribution in [3.8, 4) is 0 Å². The Balaban J connectivity index is 2.85. The summed E-state index contributed by atoms with van der Waals surface area (Å²) in [6, 6.07) is 10.7. The van der Waals surface area contributed by atoms with Crippen LogP contribution in [-0.2, 0) is 9.53 Å².